The van der Waals surface area contributed by atoms with Crippen molar-refractivity contribution in [3.8, 4) is 0 Å². The van der Waals surface area contributed by atoms with Gasteiger partial charge in [-0.3, -0.25) is 0 Å². The van der Waals surface area contributed by atoms with E-state index in [-0.39, 0.29) is 5.54 Å². The summed E-state index contributed by atoms with van der Waals surface area (Å²) in [6.45, 7) is 0. The van der Waals surface area contributed by atoms with Gasteiger partial charge in [0.25, 0.3) is 0 Å². The molecule has 2 heteroatoms. The maximum absolute atomic E-state index is 12.6. The Hall–Kier alpha value is -0.890. The van der Waals surface area contributed by atoms with Gasteiger partial charge in [0.1, 0.15) is 6.17 Å². The summed E-state index contributed by atoms with van der Waals surface area (Å²) in [6.07, 6.45) is 0.240. The summed E-state index contributed by atoms with van der Waals surface area (Å²) >= 11 is 0. The topological polar surface area (TPSA) is 26.0 Å². The molecule has 2 rings (SSSR count). The summed E-state index contributed by atoms with van der Waals surface area (Å²) in [6, 6.07) is 9.75. The predicted octanol–water partition coefficient (Wildman–Crippen LogP) is 1.97. The molecule has 1 aliphatic rings. The van der Waals surface area contributed by atoms with Gasteiger partial charge in [-0.25, -0.2) is 4.39 Å². The molecule has 0 unspecified atom stereocenters. The van der Waals surface area contributed by atoms with Gasteiger partial charge in [0.05, 0.1) is 0 Å². The molecule has 0 amide bonds. The molecule has 0 saturated heterocycles. The van der Waals surface area contributed by atoms with Gasteiger partial charge in [-0.15, -0.1) is 0 Å². The fourth-order valence-corrected chi connectivity index (χ4v) is 1.74. The molecular weight excluding hydrogens is 153 g/mol. The smallest absolute Gasteiger partial charge is 0.104 e. The van der Waals surface area contributed by atoms with E-state index >= 15 is 0 Å². The summed E-state index contributed by atoms with van der Waals surface area (Å²) in [4.78, 5) is 0. The second kappa shape index (κ2) is 2.56. The van der Waals surface area contributed by atoms with Crippen LogP contribution >= 0.6 is 0 Å². The number of alkyl halides is 1. The Morgan fingerprint density at radius 3 is 2.33 bits per heavy atom. The molecule has 0 aliphatic heterocycles. The first-order valence-electron chi connectivity index (χ1n) is 4.19. The third kappa shape index (κ3) is 1.12. The first-order valence-corrected chi connectivity index (χ1v) is 4.19. The highest BCUT2D eigenvalue weighted by molar-refractivity contribution is 5.27. The Bertz CT molecular complexity index is 264. The molecule has 12 heavy (non-hydrogen) atoms. The van der Waals surface area contributed by atoms with Gasteiger partial charge >= 0.3 is 0 Å². The summed E-state index contributed by atoms with van der Waals surface area (Å²) in [5, 5.41) is 0. The highest BCUT2D eigenvalue weighted by atomic mass is 19.1. The second-order valence-corrected chi connectivity index (χ2v) is 3.53. The summed E-state index contributed by atoms with van der Waals surface area (Å²) < 4.78 is 12.6. The molecule has 0 atom stereocenters. The monoisotopic (exact) mass is 165 g/mol. The Morgan fingerprint density at radius 2 is 1.83 bits per heavy atom. The average molecular weight is 165 g/mol. The third-order valence-corrected chi connectivity index (χ3v) is 2.52. The summed E-state index contributed by atoms with van der Waals surface area (Å²) in [5.74, 6) is 0. The van der Waals surface area contributed by atoms with Crippen molar-refractivity contribution in [2.24, 2.45) is 5.73 Å². The van der Waals surface area contributed by atoms with Crippen molar-refractivity contribution in [1.82, 2.24) is 0 Å². The fraction of sp³-hybridized carbons (Fsp3) is 0.400. The van der Waals surface area contributed by atoms with Crippen LogP contribution in [0.25, 0.3) is 0 Å². The van der Waals surface area contributed by atoms with Crippen LogP contribution in [0.15, 0.2) is 30.3 Å². The minimum atomic E-state index is -0.699. The maximum Gasteiger partial charge on any atom is 0.104 e. The van der Waals surface area contributed by atoms with Crippen LogP contribution < -0.4 is 5.73 Å². The molecule has 2 N–H and O–H groups in total. The number of benzene rings is 1. The van der Waals surface area contributed by atoms with E-state index in [1.165, 1.54) is 0 Å². The van der Waals surface area contributed by atoms with Gasteiger partial charge in [-0.2, -0.15) is 0 Å². The highest BCUT2D eigenvalue weighted by Crippen LogP contribution is 2.40. The molecule has 1 aromatic rings. The number of hydrogen-bond acceptors (Lipinski definition) is 1. The highest BCUT2D eigenvalue weighted by Gasteiger charge is 2.42. The molecule has 0 spiro atoms. The van der Waals surface area contributed by atoms with E-state index in [4.69, 9.17) is 5.73 Å². The van der Waals surface area contributed by atoms with Crippen LogP contribution in [0.5, 0.6) is 0 Å². The molecule has 1 fully saturated rings. The van der Waals surface area contributed by atoms with Gasteiger partial charge in [-0.1, -0.05) is 30.3 Å². The lowest BCUT2D eigenvalue weighted by Crippen LogP contribution is -2.50. The lowest BCUT2D eigenvalue weighted by Gasteiger charge is -2.41. The zero-order valence-electron chi connectivity index (χ0n) is 6.83. The van der Waals surface area contributed by atoms with Gasteiger partial charge in [0, 0.05) is 18.4 Å². The molecule has 1 aliphatic carbocycles. The van der Waals surface area contributed by atoms with Crippen molar-refractivity contribution >= 4 is 0 Å². The van der Waals surface area contributed by atoms with E-state index in [1.54, 1.807) is 0 Å². The molecule has 0 bridgehead atoms. The standard InChI is InChI=1S/C10H12FN/c11-9-6-10(12,7-9)8-4-2-1-3-5-8/h1-5,9H,6-7,12H2. The van der Waals surface area contributed by atoms with Gasteiger partial charge < -0.3 is 5.73 Å². The Labute approximate surface area is 71.4 Å². The van der Waals surface area contributed by atoms with E-state index in [0.29, 0.717) is 12.8 Å². The molecule has 0 aromatic heterocycles. The Kier molecular flexibility index (Phi) is 1.65. The molecule has 1 nitrogen and oxygen atoms in total. The Balaban J connectivity index is 2.21. The van der Waals surface area contributed by atoms with E-state index in [0.717, 1.165) is 5.56 Å². The SMILES string of the molecule is NC1(c2ccccc2)CC(F)C1. The first-order chi connectivity index (χ1) is 5.71. The molecule has 64 valence electrons. The zero-order valence-corrected chi connectivity index (χ0v) is 6.83. The van der Waals surface area contributed by atoms with E-state index < -0.39 is 6.17 Å². The van der Waals surface area contributed by atoms with Crippen LogP contribution in [-0.2, 0) is 5.54 Å². The number of halogens is 1. The van der Waals surface area contributed by atoms with Crippen molar-refractivity contribution in [3.05, 3.63) is 35.9 Å². The number of rotatable bonds is 1. The maximum atomic E-state index is 12.6. The molecule has 0 radical (unpaired) electrons. The van der Waals surface area contributed by atoms with E-state index in [2.05, 4.69) is 0 Å². The minimum Gasteiger partial charge on any atom is -0.321 e. The molecule has 1 saturated carbocycles. The lowest BCUT2D eigenvalue weighted by atomic mass is 9.71. The number of nitrogens with two attached hydrogens (primary N) is 1. The predicted molar refractivity (Wildman–Crippen MR) is 46.4 cm³/mol. The lowest BCUT2D eigenvalue weighted by molar-refractivity contribution is 0.0985. The third-order valence-electron chi connectivity index (χ3n) is 2.52. The largest absolute Gasteiger partial charge is 0.321 e. The normalized spacial score (nSPS) is 34.3. The van der Waals surface area contributed by atoms with E-state index in [1.807, 2.05) is 30.3 Å². The molecule has 0 heterocycles. The van der Waals surface area contributed by atoms with Crippen LogP contribution in [0.4, 0.5) is 4.39 Å². The zero-order chi connectivity index (χ0) is 8.60. The van der Waals surface area contributed by atoms with E-state index in [9.17, 15) is 4.39 Å². The average Bonchev–Trinajstić information content (AvgIpc) is 2.04. The Morgan fingerprint density at radius 1 is 1.25 bits per heavy atom. The van der Waals surface area contributed by atoms with Gasteiger partial charge in [-0.05, 0) is 5.56 Å². The van der Waals surface area contributed by atoms with Crippen molar-refractivity contribution in [1.29, 1.82) is 0 Å². The van der Waals surface area contributed by atoms with Crippen LogP contribution in [0.2, 0.25) is 0 Å². The van der Waals surface area contributed by atoms with Crippen molar-refractivity contribution in [3.63, 3.8) is 0 Å². The van der Waals surface area contributed by atoms with Crippen molar-refractivity contribution < 1.29 is 4.39 Å². The van der Waals surface area contributed by atoms with Crippen LogP contribution in [0, 0.1) is 0 Å². The molecule has 1 aromatic carbocycles. The van der Waals surface area contributed by atoms with Crippen molar-refractivity contribution in [2.45, 2.75) is 24.6 Å². The van der Waals surface area contributed by atoms with Crippen LogP contribution in [0.3, 0.4) is 0 Å². The van der Waals surface area contributed by atoms with Gasteiger partial charge in [0.2, 0.25) is 0 Å². The summed E-state index contributed by atoms with van der Waals surface area (Å²) in [5.41, 5.74) is 6.64. The quantitative estimate of drug-likeness (QED) is 0.676. The molecular formula is C10H12FN. The fourth-order valence-electron chi connectivity index (χ4n) is 1.74. The van der Waals surface area contributed by atoms with Gasteiger partial charge in [0.15, 0.2) is 0 Å². The first kappa shape index (κ1) is 7.74. The second-order valence-electron chi connectivity index (χ2n) is 3.53. The van der Waals surface area contributed by atoms with Crippen LogP contribution in [0.1, 0.15) is 18.4 Å². The van der Waals surface area contributed by atoms with Crippen LogP contribution in [-0.4, -0.2) is 6.17 Å². The number of hydrogen-bond donors (Lipinski definition) is 1. The summed E-state index contributed by atoms with van der Waals surface area (Å²) in [7, 11) is 0. The van der Waals surface area contributed by atoms with Crippen molar-refractivity contribution in [2.75, 3.05) is 0 Å². The minimum absolute atomic E-state index is 0.388.